The highest BCUT2D eigenvalue weighted by atomic mass is 16.5. The zero-order chi connectivity index (χ0) is 49.9. The van der Waals surface area contributed by atoms with Gasteiger partial charge in [0.05, 0.1) is 11.1 Å². The second-order valence-corrected chi connectivity index (χ2v) is 18.1. The number of carbonyl (C=O) groups excluding carboxylic acids is 7. The number of aryl methyl sites for hydroxylation is 2. The van der Waals surface area contributed by atoms with E-state index in [1.807, 2.05) is 45.0 Å². The molecule has 7 rings (SSSR count). The number of aromatic nitrogens is 1. The SMILES string of the molecule is CCN(c1cc(-c2ccc(C(=O)NCCCCCCCCNC(=O)COc3cccc4c3C(=O)N(C3CCC(=O)NC3=O)C4=O)cc2)cc(C(=O)NCc2c(C)cc(C)[nH]c2=O)c1C)C1CCOCC1. The summed E-state index contributed by atoms with van der Waals surface area (Å²) >= 11 is 0. The van der Waals surface area contributed by atoms with Gasteiger partial charge in [-0.05, 0) is 125 Å². The molecule has 0 aliphatic carbocycles. The molecule has 1 aromatic heterocycles. The summed E-state index contributed by atoms with van der Waals surface area (Å²) in [6, 6.07) is 17.0. The van der Waals surface area contributed by atoms with Crippen molar-refractivity contribution in [3.63, 3.8) is 0 Å². The fourth-order valence-corrected chi connectivity index (χ4v) is 9.49. The van der Waals surface area contributed by atoms with Crippen molar-refractivity contribution >= 4 is 47.0 Å². The van der Waals surface area contributed by atoms with Crippen LogP contribution in [0.3, 0.4) is 0 Å². The van der Waals surface area contributed by atoms with E-state index in [-0.39, 0.29) is 72.2 Å². The fourth-order valence-electron chi connectivity index (χ4n) is 9.49. The average molecular weight is 958 g/mol. The molecule has 1 atom stereocenters. The van der Waals surface area contributed by atoms with Crippen molar-refractivity contribution in [2.45, 2.75) is 111 Å². The molecule has 4 heterocycles. The van der Waals surface area contributed by atoms with Gasteiger partial charge in [-0.25, -0.2) is 0 Å². The van der Waals surface area contributed by atoms with Crippen LogP contribution in [0.4, 0.5) is 5.69 Å². The Kier molecular flexibility index (Phi) is 17.0. The number of imide groups is 2. The lowest BCUT2D eigenvalue weighted by molar-refractivity contribution is -0.136. The van der Waals surface area contributed by atoms with E-state index in [9.17, 15) is 38.4 Å². The number of rotatable bonds is 21. The first-order chi connectivity index (χ1) is 33.7. The van der Waals surface area contributed by atoms with Crippen molar-refractivity contribution in [2.24, 2.45) is 0 Å². The Bertz CT molecular complexity index is 2690. The summed E-state index contributed by atoms with van der Waals surface area (Å²) < 4.78 is 11.3. The number of carbonyl (C=O) groups is 7. The van der Waals surface area contributed by atoms with Gasteiger partial charge in [-0.3, -0.25) is 48.6 Å². The zero-order valence-electron chi connectivity index (χ0n) is 40.4. The molecular weight excluding hydrogens is 895 g/mol. The summed E-state index contributed by atoms with van der Waals surface area (Å²) in [5.74, 6) is -3.28. The summed E-state index contributed by atoms with van der Waals surface area (Å²) in [5.41, 5.74) is 6.51. The Morgan fingerprint density at radius 2 is 1.49 bits per heavy atom. The summed E-state index contributed by atoms with van der Waals surface area (Å²) in [7, 11) is 0. The molecule has 17 heteroatoms. The lowest BCUT2D eigenvalue weighted by Gasteiger charge is -2.37. The Labute approximate surface area is 407 Å². The third-order valence-corrected chi connectivity index (χ3v) is 13.3. The maximum absolute atomic E-state index is 13.9. The molecule has 3 aliphatic heterocycles. The van der Waals surface area contributed by atoms with Gasteiger partial charge < -0.3 is 35.3 Å². The van der Waals surface area contributed by atoms with Gasteiger partial charge in [-0.1, -0.05) is 43.9 Å². The van der Waals surface area contributed by atoms with Crippen LogP contribution in [0.25, 0.3) is 11.1 Å². The first-order valence-electron chi connectivity index (χ1n) is 24.3. The van der Waals surface area contributed by atoms with E-state index in [1.165, 1.54) is 18.2 Å². The summed E-state index contributed by atoms with van der Waals surface area (Å²) in [5, 5.41) is 11.0. The second kappa shape index (κ2) is 23.4. The number of unbranched alkanes of at least 4 members (excludes halogenated alkanes) is 5. The van der Waals surface area contributed by atoms with Gasteiger partial charge >= 0.3 is 0 Å². The van der Waals surface area contributed by atoms with Crippen LogP contribution < -0.4 is 36.5 Å². The van der Waals surface area contributed by atoms with Crippen LogP contribution in [0.2, 0.25) is 0 Å². The number of hydrogen-bond donors (Lipinski definition) is 5. The van der Waals surface area contributed by atoms with Gasteiger partial charge in [0, 0.05) is 79.9 Å². The van der Waals surface area contributed by atoms with Crippen LogP contribution in [0.5, 0.6) is 5.75 Å². The van der Waals surface area contributed by atoms with Gasteiger partial charge in [-0.2, -0.15) is 0 Å². The van der Waals surface area contributed by atoms with Crippen molar-refractivity contribution in [1.82, 2.24) is 31.2 Å². The minimum absolute atomic E-state index is 0.0100. The standard InChI is InChI=1S/C53H63N7O10/c1-5-59(38-21-25-69-26-22-38)43-29-37(28-40(34(43)4)49(64)56-30-41-32(2)27-33(3)57-50(41)65)35-15-17-36(18-16-35)48(63)55-24-11-9-7-6-8-10-23-54-46(62)31-70-44-14-12-13-39-47(44)53(68)60(52(39)67)42-19-20-45(61)58-51(42)66/h12-18,27-29,38,42H,5-11,19-26,30-31H2,1-4H3,(H,54,62)(H,55,63)(H,56,64)(H,57,65)(H,58,61,66). The zero-order valence-corrected chi connectivity index (χ0v) is 40.4. The summed E-state index contributed by atoms with van der Waals surface area (Å²) in [6.45, 7) is 10.6. The van der Waals surface area contributed by atoms with Crippen molar-refractivity contribution in [2.75, 3.05) is 44.4 Å². The van der Waals surface area contributed by atoms with E-state index in [0.29, 0.717) is 43.0 Å². The van der Waals surface area contributed by atoms with Crippen molar-refractivity contribution < 1.29 is 43.0 Å². The summed E-state index contributed by atoms with van der Waals surface area (Å²) in [4.78, 5) is 109. The highest BCUT2D eigenvalue weighted by Crippen LogP contribution is 2.35. The summed E-state index contributed by atoms with van der Waals surface area (Å²) in [6.07, 6.45) is 7.14. The van der Waals surface area contributed by atoms with Gasteiger partial charge in [0.15, 0.2) is 6.61 Å². The molecule has 370 valence electrons. The number of amides is 7. The van der Waals surface area contributed by atoms with Crippen molar-refractivity contribution in [3.8, 4) is 16.9 Å². The predicted molar refractivity (Wildman–Crippen MR) is 263 cm³/mol. The van der Waals surface area contributed by atoms with Gasteiger partial charge in [0.1, 0.15) is 11.8 Å². The molecule has 0 spiro atoms. The minimum Gasteiger partial charge on any atom is -0.483 e. The first-order valence-corrected chi connectivity index (χ1v) is 24.3. The lowest BCUT2D eigenvalue weighted by atomic mass is 9.94. The molecule has 1 unspecified atom stereocenters. The van der Waals surface area contributed by atoms with Gasteiger partial charge in [-0.15, -0.1) is 0 Å². The average Bonchev–Trinajstić information content (AvgIpc) is 3.60. The molecule has 3 aromatic carbocycles. The maximum Gasteiger partial charge on any atom is 0.266 e. The largest absolute Gasteiger partial charge is 0.483 e. The van der Waals surface area contributed by atoms with Crippen LogP contribution >= 0.6 is 0 Å². The van der Waals surface area contributed by atoms with E-state index in [4.69, 9.17) is 9.47 Å². The monoisotopic (exact) mass is 957 g/mol. The van der Waals surface area contributed by atoms with E-state index >= 15 is 0 Å². The van der Waals surface area contributed by atoms with Gasteiger partial charge in [0.25, 0.3) is 35.1 Å². The normalized spacial score (nSPS) is 15.9. The molecule has 0 saturated carbocycles. The second-order valence-electron chi connectivity index (χ2n) is 18.1. The molecule has 17 nitrogen and oxygen atoms in total. The quantitative estimate of drug-likeness (QED) is 0.0513. The number of piperidine rings is 1. The van der Waals surface area contributed by atoms with Crippen molar-refractivity contribution in [3.05, 3.63) is 116 Å². The highest BCUT2D eigenvalue weighted by molar-refractivity contribution is 6.24. The molecule has 2 saturated heterocycles. The number of fused-ring (bicyclic) bond motifs is 1. The van der Waals surface area contributed by atoms with Crippen molar-refractivity contribution in [1.29, 1.82) is 0 Å². The van der Waals surface area contributed by atoms with E-state index < -0.39 is 29.7 Å². The predicted octanol–water partition coefficient (Wildman–Crippen LogP) is 5.57. The number of benzene rings is 3. The minimum atomic E-state index is -1.10. The number of ether oxygens (including phenoxy) is 2. The number of nitrogens with zero attached hydrogens (tertiary/aromatic N) is 2. The van der Waals surface area contributed by atoms with Gasteiger partial charge in [0.2, 0.25) is 11.8 Å². The fraction of sp³-hybridized carbons (Fsp3) is 0.434. The maximum atomic E-state index is 13.9. The smallest absolute Gasteiger partial charge is 0.266 e. The van der Waals surface area contributed by atoms with Crippen LogP contribution in [0.15, 0.2) is 65.5 Å². The number of anilines is 1. The van der Waals surface area contributed by atoms with E-state index in [0.717, 1.165) is 96.4 Å². The van der Waals surface area contributed by atoms with Crippen LogP contribution in [0.1, 0.15) is 135 Å². The Hall–Kier alpha value is -7.14. The molecule has 70 heavy (non-hydrogen) atoms. The van der Waals surface area contributed by atoms with Crippen LogP contribution in [-0.2, 0) is 25.7 Å². The Morgan fingerprint density at radius 1 is 0.786 bits per heavy atom. The number of nitrogens with one attached hydrogen (secondary N) is 5. The van der Waals surface area contributed by atoms with Crippen LogP contribution in [-0.4, -0.2) is 103 Å². The van der Waals surface area contributed by atoms with Crippen LogP contribution in [0, 0.1) is 20.8 Å². The molecule has 0 radical (unpaired) electrons. The van der Waals surface area contributed by atoms with E-state index in [2.05, 4.69) is 44.1 Å². The molecule has 3 aliphatic rings. The Morgan fingerprint density at radius 3 is 2.17 bits per heavy atom. The molecule has 0 bridgehead atoms. The lowest BCUT2D eigenvalue weighted by Crippen LogP contribution is -2.54. The Balaban J connectivity index is 0.837. The number of pyridine rings is 1. The number of H-pyrrole nitrogens is 1. The number of hydrogen-bond acceptors (Lipinski definition) is 11. The molecular formula is C53H63N7O10. The molecule has 7 amide bonds. The third kappa shape index (κ3) is 12.0. The third-order valence-electron chi connectivity index (χ3n) is 13.3. The highest BCUT2D eigenvalue weighted by Gasteiger charge is 2.46. The molecule has 5 N–H and O–H groups in total. The van der Waals surface area contributed by atoms with E-state index in [1.54, 1.807) is 12.1 Å². The molecule has 2 fully saturated rings. The topological polar surface area (TPSA) is 225 Å². The number of aromatic amines is 1. The first kappa shape index (κ1) is 50.7. The molecule has 4 aromatic rings.